The van der Waals surface area contributed by atoms with Crippen LogP contribution in [0.5, 0.6) is 5.75 Å². The summed E-state index contributed by atoms with van der Waals surface area (Å²) in [6, 6.07) is 5.23. The van der Waals surface area contributed by atoms with Crippen LogP contribution in [0.4, 0.5) is 0 Å². The third kappa shape index (κ3) is 5.85. The zero-order valence-corrected chi connectivity index (χ0v) is 11.6. The van der Waals surface area contributed by atoms with Gasteiger partial charge < -0.3 is 4.74 Å². The van der Waals surface area contributed by atoms with Crippen molar-refractivity contribution in [1.29, 1.82) is 0 Å². The molecule has 1 rings (SSSR count). The van der Waals surface area contributed by atoms with Gasteiger partial charge in [-0.15, -0.1) is 0 Å². The Morgan fingerprint density at radius 1 is 1.26 bits per heavy atom. The van der Waals surface area contributed by atoms with Crippen LogP contribution >= 0.6 is 0 Å². The summed E-state index contributed by atoms with van der Waals surface area (Å²) in [7, 11) is -4.28. The molecule has 0 amide bonds. The predicted molar refractivity (Wildman–Crippen MR) is 70.7 cm³/mol. The van der Waals surface area contributed by atoms with Crippen LogP contribution in [-0.2, 0) is 14.9 Å². The minimum absolute atomic E-state index is 0.121. The number of hydrogen-bond acceptors (Lipinski definition) is 4. The first kappa shape index (κ1) is 15.7. The first-order valence-electron chi connectivity index (χ1n) is 6.21. The number of carbonyl (C=O) groups excluding carboxylic acids is 1. The number of benzene rings is 1. The smallest absolute Gasteiger partial charge is 0.311 e. The maximum absolute atomic E-state index is 11.5. The fraction of sp³-hybridized carbons (Fsp3) is 0.462. The van der Waals surface area contributed by atoms with E-state index in [9.17, 15) is 13.2 Å². The van der Waals surface area contributed by atoms with Gasteiger partial charge in [-0.1, -0.05) is 32.3 Å². The zero-order valence-electron chi connectivity index (χ0n) is 10.8. The van der Waals surface area contributed by atoms with E-state index in [2.05, 4.69) is 6.92 Å². The maximum Gasteiger partial charge on any atom is 0.311 e. The van der Waals surface area contributed by atoms with Crippen molar-refractivity contribution in [3.8, 4) is 5.75 Å². The molecular weight excluding hydrogens is 268 g/mol. The van der Waals surface area contributed by atoms with Crippen LogP contribution in [0.2, 0.25) is 0 Å². The maximum atomic E-state index is 11.5. The second-order valence-corrected chi connectivity index (χ2v) is 5.66. The normalized spacial score (nSPS) is 11.3. The minimum Gasteiger partial charge on any atom is -0.426 e. The lowest BCUT2D eigenvalue weighted by molar-refractivity contribution is -0.134. The Kier molecular flexibility index (Phi) is 5.98. The van der Waals surface area contributed by atoms with E-state index < -0.39 is 16.1 Å². The van der Waals surface area contributed by atoms with Crippen molar-refractivity contribution in [2.45, 2.75) is 43.9 Å². The van der Waals surface area contributed by atoms with Gasteiger partial charge in [0, 0.05) is 12.5 Å². The topological polar surface area (TPSA) is 80.7 Å². The molecule has 0 aliphatic carbocycles. The molecule has 0 spiro atoms. The average molecular weight is 286 g/mol. The Bertz CT molecular complexity index is 522. The van der Waals surface area contributed by atoms with Gasteiger partial charge in [0.2, 0.25) is 0 Å². The predicted octanol–water partition coefficient (Wildman–Crippen LogP) is 2.81. The molecule has 0 aliphatic heterocycles. The molecule has 0 aromatic heterocycles. The second kappa shape index (κ2) is 7.25. The van der Waals surface area contributed by atoms with Gasteiger partial charge in [-0.3, -0.25) is 9.35 Å². The van der Waals surface area contributed by atoms with Gasteiger partial charge in [-0.25, -0.2) is 0 Å². The summed E-state index contributed by atoms with van der Waals surface area (Å²) in [5.74, 6) is -0.279. The van der Waals surface area contributed by atoms with Crippen molar-refractivity contribution < 1.29 is 22.5 Å². The number of unbranched alkanes of at least 4 members (excludes halogenated alkanes) is 3. The second-order valence-electron chi connectivity index (χ2n) is 4.23. The van der Waals surface area contributed by atoms with E-state index in [1.165, 1.54) is 18.2 Å². The highest BCUT2D eigenvalue weighted by atomic mass is 32.2. The van der Waals surface area contributed by atoms with Gasteiger partial charge in [0.1, 0.15) is 5.75 Å². The lowest BCUT2D eigenvalue weighted by Gasteiger charge is -2.05. The first-order chi connectivity index (χ1) is 8.93. The summed E-state index contributed by atoms with van der Waals surface area (Å²) < 4.78 is 35.8. The van der Waals surface area contributed by atoms with Gasteiger partial charge >= 0.3 is 5.97 Å². The van der Waals surface area contributed by atoms with Crippen molar-refractivity contribution in [2.24, 2.45) is 0 Å². The van der Waals surface area contributed by atoms with Gasteiger partial charge in [0.05, 0.1) is 4.90 Å². The lowest BCUT2D eigenvalue weighted by Crippen LogP contribution is -2.08. The summed E-state index contributed by atoms with van der Waals surface area (Å²) in [6.45, 7) is 2.08. The highest BCUT2D eigenvalue weighted by Crippen LogP contribution is 2.18. The standard InChI is InChI=1S/C13H18O5S/c1-2-3-4-5-9-13(14)18-11-7-6-8-12(10-11)19(15,16)17/h6-8,10H,2-5,9H2,1H3,(H,15,16,17). The van der Waals surface area contributed by atoms with E-state index in [-0.39, 0.29) is 10.6 Å². The monoisotopic (exact) mass is 286 g/mol. The van der Waals surface area contributed by atoms with E-state index in [0.29, 0.717) is 6.42 Å². The quantitative estimate of drug-likeness (QED) is 0.361. The fourth-order valence-corrected chi connectivity index (χ4v) is 2.09. The molecule has 0 unspecified atom stereocenters. The summed E-state index contributed by atoms with van der Waals surface area (Å²) in [6.07, 6.45) is 4.19. The molecule has 0 saturated carbocycles. The molecule has 0 radical (unpaired) electrons. The van der Waals surface area contributed by atoms with Crippen LogP contribution in [0.3, 0.4) is 0 Å². The van der Waals surface area contributed by atoms with E-state index >= 15 is 0 Å². The molecule has 0 atom stereocenters. The van der Waals surface area contributed by atoms with E-state index in [4.69, 9.17) is 9.29 Å². The molecule has 5 nitrogen and oxygen atoms in total. The molecule has 0 fully saturated rings. The average Bonchev–Trinajstić information content (AvgIpc) is 2.34. The molecule has 0 saturated heterocycles. The van der Waals surface area contributed by atoms with Crippen LogP contribution in [0.1, 0.15) is 39.0 Å². The molecular formula is C13H18O5S. The van der Waals surface area contributed by atoms with Crippen LogP contribution in [-0.4, -0.2) is 18.9 Å². The molecule has 1 aromatic rings. The molecule has 6 heteroatoms. The SMILES string of the molecule is CCCCCCC(=O)Oc1cccc(S(=O)(=O)O)c1. The number of hydrogen-bond donors (Lipinski definition) is 1. The van der Waals surface area contributed by atoms with Crippen LogP contribution in [0.15, 0.2) is 29.2 Å². The van der Waals surface area contributed by atoms with Crippen molar-refractivity contribution in [3.05, 3.63) is 24.3 Å². The Hall–Kier alpha value is -1.40. The van der Waals surface area contributed by atoms with Gasteiger partial charge in [-0.2, -0.15) is 8.42 Å². The fourth-order valence-electron chi connectivity index (χ4n) is 1.58. The summed E-state index contributed by atoms with van der Waals surface area (Å²) >= 11 is 0. The molecule has 106 valence electrons. The summed E-state index contributed by atoms with van der Waals surface area (Å²) in [5, 5.41) is 0. The Morgan fingerprint density at radius 2 is 2.00 bits per heavy atom. The largest absolute Gasteiger partial charge is 0.426 e. The van der Waals surface area contributed by atoms with Crippen molar-refractivity contribution >= 4 is 16.1 Å². The zero-order chi connectivity index (χ0) is 14.3. The van der Waals surface area contributed by atoms with E-state index in [0.717, 1.165) is 31.7 Å². The molecule has 1 aromatic carbocycles. The van der Waals surface area contributed by atoms with Crippen LogP contribution in [0.25, 0.3) is 0 Å². The van der Waals surface area contributed by atoms with Crippen molar-refractivity contribution in [2.75, 3.05) is 0 Å². The molecule has 0 heterocycles. The van der Waals surface area contributed by atoms with E-state index in [1.807, 2.05) is 0 Å². The lowest BCUT2D eigenvalue weighted by atomic mass is 10.1. The molecule has 19 heavy (non-hydrogen) atoms. The molecule has 1 N–H and O–H groups in total. The third-order valence-electron chi connectivity index (χ3n) is 2.57. The Labute approximate surface area is 113 Å². The van der Waals surface area contributed by atoms with Crippen molar-refractivity contribution in [1.82, 2.24) is 0 Å². The summed E-state index contributed by atoms with van der Waals surface area (Å²) in [4.78, 5) is 11.2. The van der Waals surface area contributed by atoms with Gasteiger partial charge in [0.15, 0.2) is 0 Å². The Balaban J connectivity index is 2.55. The Morgan fingerprint density at radius 3 is 2.63 bits per heavy atom. The third-order valence-corrected chi connectivity index (χ3v) is 3.42. The van der Waals surface area contributed by atoms with Crippen LogP contribution < -0.4 is 4.74 Å². The first-order valence-corrected chi connectivity index (χ1v) is 7.65. The van der Waals surface area contributed by atoms with E-state index in [1.54, 1.807) is 0 Å². The molecule has 0 bridgehead atoms. The summed E-state index contributed by atoms with van der Waals surface area (Å²) in [5.41, 5.74) is 0. The van der Waals surface area contributed by atoms with Crippen molar-refractivity contribution in [3.63, 3.8) is 0 Å². The highest BCUT2D eigenvalue weighted by Gasteiger charge is 2.11. The molecule has 0 aliphatic rings. The minimum atomic E-state index is -4.28. The van der Waals surface area contributed by atoms with Gasteiger partial charge in [0.25, 0.3) is 10.1 Å². The highest BCUT2D eigenvalue weighted by molar-refractivity contribution is 7.85. The van der Waals surface area contributed by atoms with Gasteiger partial charge in [-0.05, 0) is 18.6 Å². The number of carbonyl (C=O) groups is 1. The number of ether oxygens (including phenoxy) is 1. The number of rotatable bonds is 7. The van der Waals surface area contributed by atoms with Crippen LogP contribution in [0, 0.1) is 0 Å². The number of esters is 1.